The number of carbonyl (C=O) groups is 2. The van der Waals surface area contributed by atoms with Crippen molar-refractivity contribution >= 4 is 11.8 Å². The Morgan fingerprint density at radius 1 is 1.13 bits per heavy atom. The maximum atomic E-state index is 12.3. The minimum Gasteiger partial charge on any atom is -0.496 e. The highest BCUT2D eigenvalue weighted by atomic mass is 16.5. The second kappa shape index (κ2) is 11.3. The number of aromatic nitrogens is 1. The van der Waals surface area contributed by atoms with E-state index in [0.717, 1.165) is 30.0 Å². The largest absolute Gasteiger partial charge is 0.496 e. The molecule has 1 aliphatic heterocycles. The van der Waals surface area contributed by atoms with E-state index in [9.17, 15) is 9.59 Å². The van der Waals surface area contributed by atoms with Crippen LogP contribution in [0.2, 0.25) is 0 Å². The van der Waals surface area contributed by atoms with Gasteiger partial charge in [0.05, 0.1) is 26.4 Å². The summed E-state index contributed by atoms with van der Waals surface area (Å²) < 4.78 is 10.7. The number of carbonyl (C=O) groups excluding carboxylic acids is 2. The number of ether oxygens (including phenoxy) is 2. The molecule has 8 nitrogen and oxygen atoms in total. The van der Waals surface area contributed by atoms with Crippen LogP contribution in [-0.2, 0) is 20.7 Å². The molecule has 3 rings (SSSR count). The fourth-order valence-electron chi connectivity index (χ4n) is 3.49. The van der Waals surface area contributed by atoms with Crippen molar-refractivity contribution in [3.8, 4) is 5.75 Å². The predicted molar refractivity (Wildman–Crippen MR) is 112 cm³/mol. The summed E-state index contributed by atoms with van der Waals surface area (Å²) in [5.41, 5.74) is 1.97. The van der Waals surface area contributed by atoms with E-state index in [0.29, 0.717) is 32.7 Å². The number of hydrogen-bond donors (Lipinski definition) is 2. The van der Waals surface area contributed by atoms with Gasteiger partial charge in [0.1, 0.15) is 5.75 Å². The van der Waals surface area contributed by atoms with Crippen molar-refractivity contribution in [3.63, 3.8) is 0 Å². The van der Waals surface area contributed by atoms with Crippen LogP contribution in [0.1, 0.15) is 17.2 Å². The van der Waals surface area contributed by atoms with Gasteiger partial charge < -0.3 is 20.1 Å². The number of pyridine rings is 1. The first-order valence-corrected chi connectivity index (χ1v) is 10.1. The van der Waals surface area contributed by atoms with Gasteiger partial charge in [-0.15, -0.1) is 0 Å². The normalized spacial score (nSPS) is 15.2. The Balaban J connectivity index is 1.51. The average molecular weight is 412 g/mol. The van der Waals surface area contributed by atoms with E-state index in [-0.39, 0.29) is 6.04 Å². The van der Waals surface area contributed by atoms with E-state index in [4.69, 9.17) is 9.47 Å². The zero-order valence-corrected chi connectivity index (χ0v) is 17.2. The van der Waals surface area contributed by atoms with Crippen molar-refractivity contribution in [1.29, 1.82) is 0 Å². The molecule has 0 bridgehead atoms. The van der Waals surface area contributed by atoms with Crippen LogP contribution in [0, 0.1) is 0 Å². The van der Waals surface area contributed by atoms with Crippen LogP contribution in [0.15, 0.2) is 48.8 Å². The van der Waals surface area contributed by atoms with Crippen LogP contribution >= 0.6 is 0 Å². The van der Waals surface area contributed by atoms with E-state index in [1.807, 2.05) is 36.4 Å². The van der Waals surface area contributed by atoms with Crippen molar-refractivity contribution in [3.05, 3.63) is 59.9 Å². The van der Waals surface area contributed by atoms with E-state index >= 15 is 0 Å². The molecule has 1 fully saturated rings. The highest BCUT2D eigenvalue weighted by Crippen LogP contribution is 2.20. The van der Waals surface area contributed by atoms with Gasteiger partial charge in [0.15, 0.2) is 0 Å². The lowest BCUT2D eigenvalue weighted by molar-refractivity contribution is -0.139. The summed E-state index contributed by atoms with van der Waals surface area (Å²) in [5.74, 6) is -0.519. The Kier molecular flexibility index (Phi) is 8.17. The van der Waals surface area contributed by atoms with Gasteiger partial charge in [0.2, 0.25) is 0 Å². The van der Waals surface area contributed by atoms with Gasteiger partial charge in [-0.1, -0.05) is 24.3 Å². The Hall–Kier alpha value is -2.97. The van der Waals surface area contributed by atoms with Crippen molar-refractivity contribution in [1.82, 2.24) is 20.5 Å². The second-order valence-electron chi connectivity index (χ2n) is 6.98. The lowest BCUT2D eigenvalue weighted by Gasteiger charge is -2.34. The summed E-state index contributed by atoms with van der Waals surface area (Å²) in [6.07, 6.45) is 4.09. The molecular formula is C22H28N4O4. The molecule has 1 aromatic heterocycles. The van der Waals surface area contributed by atoms with Gasteiger partial charge in [0, 0.05) is 38.6 Å². The van der Waals surface area contributed by atoms with E-state index in [2.05, 4.69) is 20.5 Å². The molecule has 2 amide bonds. The number of amides is 2. The standard InChI is InChI=1S/C22H28N4O4/c1-29-20-7-3-2-5-17(20)8-10-24-21(27)22(28)25-16-19(18-6-4-9-23-15-18)26-11-13-30-14-12-26/h2-7,9,15,19H,8,10-14,16H2,1H3,(H,24,27)(H,25,28). The molecule has 1 aromatic carbocycles. The number of nitrogens with one attached hydrogen (secondary N) is 2. The molecule has 2 N–H and O–H groups in total. The molecular weight excluding hydrogens is 384 g/mol. The van der Waals surface area contributed by atoms with Gasteiger partial charge in [0.25, 0.3) is 0 Å². The highest BCUT2D eigenvalue weighted by Gasteiger charge is 2.24. The summed E-state index contributed by atoms with van der Waals surface area (Å²) in [4.78, 5) is 31.0. The van der Waals surface area contributed by atoms with Crippen LogP contribution in [-0.4, -0.2) is 68.2 Å². The van der Waals surface area contributed by atoms with Crippen LogP contribution in [0.4, 0.5) is 0 Å². The summed E-state index contributed by atoms with van der Waals surface area (Å²) in [5, 5.41) is 5.44. The molecule has 30 heavy (non-hydrogen) atoms. The summed E-state index contributed by atoms with van der Waals surface area (Å²) in [6.45, 7) is 3.50. The summed E-state index contributed by atoms with van der Waals surface area (Å²) in [6, 6.07) is 11.4. The molecule has 0 saturated carbocycles. The summed E-state index contributed by atoms with van der Waals surface area (Å²) >= 11 is 0. The van der Waals surface area contributed by atoms with E-state index in [1.54, 1.807) is 19.5 Å². The molecule has 1 unspecified atom stereocenters. The maximum Gasteiger partial charge on any atom is 0.309 e. The molecule has 0 radical (unpaired) electrons. The lowest BCUT2D eigenvalue weighted by Crippen LogP contribution is -2.47. The first-order valence-electron chi connectivity index (χ1n) is 10.1. The van der Waals surface area contributed by atoms with Gasteiger partial charge >= 0.3 is 11.8 Å². The Bertz CT molecular complexity index is 825. The molecule has 1 saturated heterocycles. The monoisotopic (exact) mass is 412 g/mol. The van der Waals surface area contributed by atoms with E-state index < -0.39 is 11.8 Å². The maximum absolute atomic E-state index is 12.3. The van der Waals surface area contributed by atoms with Crippen molar-refractivity contribution in [2.45, 2.75) is 12.5 Å². The number of rotatable bonds is 8. The van der Waals surface area contributed by atoms with Crippen molar-refractivity contribution < 1.29 is 19.1 Å². The Morgan fingerprint density at radius 3 is 2.63 bits per heavy atom. The topological polar surface area (TPSA) is 92.8 Å². The lowest BCUT2D eigenvalue weighted by atomic mass is 10.1. The van der Waals surface area contributed by atoms with E-state index in [1.165, 1.54) is 0 Å². The van der Waals surface area contributed by atoms with Crippen LogP contribution in [0.5, 0.6) is 5.75 Å². The van der Waals surface area contributed by atoms with Crippen LogP contribution < -0.4 is 15.4 Å². The number of nitrogens with zero attached hydrogens (tertiary/aromatic N) is 2. The third-order valence-corrected chi connectivity index (χ3v) is 5.09. The number of para-hydroxylation sites is 1. The van der Waals surface area contributed by atoms with Gasteiger partial charge in [-0.05, 0) is 29.7 Å². The molecule has 1 aliphatic rings. The number of benzene rings is 1. The molecule has 8 heteroatoms. The Morgan fingerprint density at radius 2 is 1.90 bits per heavy atom. The number of morpholine rings is 1. The third kappa shape index (κ3) is 6.01. The van der Waals surface area contributed by atoms with Crippen molar-refractivity contribution in [2.24, 2.45) is 0 Å². The SMILES string of the molecule is COc1ccccc1CCNC(=O)C(=O)NCC(c1cccnc1)N1CCOCC1. The fourth-order valence-corrected chi connectivity index (χ4v) is 3.49. The zero-order chi connectivity index (χ0) is 21.2. The molecule has 2 heterocycles. The van der Waals surface area contributed by atoms with Gasteiger partial charge in [-0.3, -0.25) is 19.5 Å². The first kappa shape index (κ1) is 21.7. The summed E-state index contributed by atoms with van der Waals surface area (Å²) in [7, 11) is 1.61. The number of methoxy groups -OCH3 is 1. The molecule has 0 aliphatic carbocycles. The highest BCUT2D eigenvalue weighted by molar-refractivity contribution is 6.35. The van der Waals surface area contributed by atoms with Crippen molar-refractivity contribution in [2.75, 3.05) is 46.5 Å². The molecule has 1 atom stereocenters. The minimum atomic E-state index is -0.642. The molecule has 0 spiro atoms. The molecule has 160 valence electrons. The van der Waals surface area contributed by atoms with Gasteiger partial charge in [-0.2, -0.15) is 0 Å². The van der Waals surface area contributed by atoms with Crippen LogP contribution in [0.3, 0.4) is 0 Å². The fraction of sp³-hybridized carbons (Fsp3) is 0.409. The van der Waals surface area contributed by atoms with Crippen LogP contribution in [0.25, 0.3) is 0 Å². The smallest absolute Gasteiger partial charge is 0.309 e. The minimum absolute atomic E-state index is 0.0621. The predicted octanol–water partition coefficient (Wildman–Crippen LogP) is 0.939. The molecule has 2 aromatic rings. The quantitative estimate of drug-likeness (QED) is 0.627. The second-order valence-corrected chi connectivity index (χ2v) is 6.98. The first-order chi connectivity index (χ1) is 14.7. The average Bonchev–Trinajstić information content (AvgIpc) is 2.80. The number of hydrogen-bond acceptors (Lipinski definition) is 6. The third-order valence-electron chi connectivity index (χ3n) is 5.09. The van der Waals surface area contributed by atoms with Gasteiger partial charge in [-0.25, -0.2) is 0 Å². The Labute approximate surface area is 176 Å². The zero-order valence-electron chi connectivity index (χ0n) is 17.2.